The first-order chi connectivity index (χ1) is 5.04. The molecule has 0 aromatic rings. The van der Waals surface area contributed by atoms with E-state index in [0.29, 0.717) is 12.2 Å². The van der Waals surface area contributed by atoms with E-state index < -0.39 is 16.8 Å². The van der Waals surface area contributed by atoms with Gasteiger partial charge in [-0.05, 0) is 6.42 Å². The number of aliphatic carboxylic acids is 1. The molecule has 0 saturated carbocycles. The summed E-state index contributed by atoms with van der Waals surface area (Å²) in [7, 11) is -0.851. The van der Waals surface area contributed by atoms with Gasteiger partial charge in [-0.2, -0.15) is 0 Å². The summed E-state index contributed by atoms with van der Waals surface area (Å²) < 4.78 is 11.0. The lowest BCUT2D eigenvalue weighted by atomic mass is 10.3. The van der Waals surface area contributed by atoms with Gasteiger partial charge in [0.05, 0.1) is 0 Å². The van der Waals surface area contributed by atoms with Crippen molar-refractivity contribution in [3.05, 3.63) is 0 Å². The second-order valence-electron chi connectivity index (χ2n) is 2.63. The Balaban J connectivity index is 3.39. The summed E-state index contributed by atoms with van der Waals surface area (Å²) in [6.07, 6.45) is 0.637. The number of carboxylic acid groups (broad SMARTS) is 1. The minimum Gasteiger partial charge on any atom is -0.481 e. The first-order valence-electron chi connectivity index (χ1n) is 3.63. The first kappa shape index (κ1) is 10.6. The van der Waals surface area contributed by atoms with E-state index in [1.54, 1.807) is 0 Å². The van der Waals surface area contributed by atoms with Crippen LogP contribution in [0.5, 0.6) is 0 Å². The average Bonchev–Trinajstić information content (AvgIpc) is 1.86. The Hall–Kier alpha value is -0.380. The lowest BCUT2D eigenvalue weighted by Gasteiger charge is -2.02. The maximum absolute atomic E-state index is 11.0. The SMILES string of the molecule is CC(C)S(=O)CCCC(=O)O. The molecular weight excluding hydrogens is 164 g/mol. The van der Waals surface area contributed by atoms with Crippen molar-refractivity contribution in [1.29, 1.82) is 0 Å². The number of carboxylic acids is 1. The van der Waals surface area contributed by atoms with Gasteiger partial charge in [-0.15, -0.1) is 0 Å². The van der Waals surface area contributed by atoms with Crippen LogP contribution in [0, 0.1) is 0 Å². The van der Waals surface area contributed by atoms with Crippen molar-refractivity contribution in [2.75, 3.05) is 5.75 Å². The molecule has 0 saturated heterocycles. The smallest absolute Gasteiger partial charge is 0.303 e. The molecule has 0 rings (SSSR count). The molecule has 1 atom stereocenters. The second kappa shape index (κ2) is 5.29. The third-order valence-corrected chi connectivity index (χ3v) is 3.00. The third-order valence-electron chi connectivity index (χ3n) is 1.26. The van der Waals surface area contributed by atoms with Crippen molar-refractivity contribution in [2.24, 2.45) is 0 Å². The van der Waals surface area contributed by atoms with Gasteiger partial charge in [0.2, 0.25) is 0 Å². The Morgan fingerprint density at radius 2 is 2.09 bits per heavy atom. The number of hydrogen-bond acceptors (Lipinski definition) is 2. The first-order valence-corrected chi connectivity index (χ1v) is 5.01. The lowest BCUT2D eigenvalue weighted by molar-refractivity contribution is -0.137. The fourth-order valence-corrected chi connectivity index (χ4v) is 1.50. The van der Waals surface area contributed by atoms with Gasteiger partial charge in [0.15, 0.2) is 0 Å². The summed E-state index contributed by atoms with van der Waals surface area (Å²) in [4.78, 5) is 10.1. The Bertz CT molecular complexity index is 154. The Kier molecular flexibility index (Phi) is 5.11. The molecule has 0 amide bonds. The third kappa shape index (κ3) is 6.04. The van der Waals surface area contributed by atoms with Crippen LogP contribution >= 0.6 is 0 Å². The van der Waals surface area contributed by atoms with Crippen LogP contribution < -0.4 is 0 Å². The van der Waals surface area contributed by atoms with E-state index in [-0.39, 0.29) is 11.7 Å². The van der Waals surface area contributed by atoms with Crippen LogP contribution in [-0.4, -0.2) is 26.3 Å². The molecule has 0 bridgehead atoms. The van der Waals surface area contributed by atoms with Gasteiger partial charge in [-0.3, -0.25) is 9.00 Å². The molecule has 0 heterocycles. The predicted octanol–water partition coefficient (Wildman–Crippen LogP) is 1.01. The Morgan fingerprint density at radius 1 is 1.55 bits per heavy atom. The Labute approximate surface area is 69.3 Å². The van der Waals surface area contributed by atoms with Crippen molar-refractivity contribution >= 4 is 16.8 Å². The molecule has 66 valence electrons. The Morgan fingerprint density at radius 3 is 2.45 bits per heavy atom. The largest absolute Gasteiger partial charge is 0.481 e. The van der Waals surface area contributed by atoms with Gasteiger partial charge in [-0.25, -0.2) is 0 Å². The predicted molar refractivity (Wildman–Crippen MR) is 45.0 cm³/mol. The topological polar surface area (TPSA) is 54.4 Å². The summed E-state index contributed by atoms with van der Waals surface area (Å²) in [5, 5.41) is 8.41. The molecule has 0 aliphatic heterocycles. The normalized spacial score (nSPS) is 13.4. The van der Waals surface area contributed by atoms with Gasteiger partial charge >= 0.3 is 5.97 Å². The van der Waals surface area contributed by atoms with Crippen LogP contribution in [0.3, 0.4) is 0 Å². The van der Waals surface area contributed by atoms with Crippen molar-refractivity contribution in [3.8, 4) is 0 Å². The molecule has 1 unspecified atom stereocenters. The van der Waals surface area contributed by atoms with Crippen LogP contribution in [0.4, 0.5) is 0 Å². The summed E-state index contributed by atoms with van der Waals surface area (Å²) >= 11 is 0. The highest BCUT2D eigenvalue weighted by Crippen LogP contribution is 1.98. The van der Waals surface area contributed by atoms with Crippen molar-refractivity contribution in [3.63, 3.8) is 0 Å². The van der Waals surface area contributed by atoms with E-state index >= 15 is 0 Å². The van der Waals surface area contributed by atoms with Gasteiger partial charge in [0, 0.05) is 28.2 Å². The average molecular weight is 178 g/mol. The quantitative estimate of drug-likeness (QED) is 0.683. The van der Waals surface area contributed by atoms with Crippen LogP contribution in [0.1, 0.15) is 26.7 Å². The molecule has 0 aromatic carbocycles. The molecule has 0 aliphatic rings. The zero-order chi connectivity index (χ0) is 8.85. The zero-order valence-electron chi connectivity index (χ0n) is 6.87. The highest BCUT2D eigenvalue weighted by Gasteiger charge is 2.05. The van der Waals surface area contributed by atoms with Crippen LogP contribution in [0.15, 0.2) is 0 Å². The molecule has 3 nitrogen and oxygen atoms in total. The highest BCUT2D eigenvalue weighted by atomic mass is 32.2. The second-order valence-corrected chi connectivity index (χ2v) is 4.74. The molecular formula is C7H14O3S. The zero-order valence-corrected chi connectivity index (χ0v) is 7.69. The minimum atomic E-state index is -0.851. The van der Waals surface area contributed by atoms with Gasteiger partial charge in [-0.1, -0.05) is 13.8 Å². The molecule has 0 radical (unpaired) electrons. The van der Waals surface area contributed by atoms with Crippen LogP contribution in [0.2, 0.25) is 0 Å². The van der Waals surface area contributed by atoms with Crippen molar-refractivity contribution < 1.29 is 14.1 Å². The number of hydrogen-bond donors (Lipinski definition) is 1. The summed E-state index contributed by atoms with van der Waals surface area (Å²) in [6, 6.07) is 0. The molecule has 1 N–H and O–H groups in total. The van der Waals surface area contributed by atoms with E-state index in [1.807, 2.05) is 13.8 Å². The standard InChI is InChI=1S/C7H14O3S/c1-6(2)11(10)5-3-4-7(8)9/h6H,3-5H2,1-2H3,(H,8,9). The van der Waals surface area contributed by atoms with Gasteiger partial charge < -0.3 is 5.11 Å². The highest BCUT2D eigenvalue weighted by molar-refractivity contribution is 7.85. The van der Waals surface area contributed by atoms with E-state index in [1.165, 1.54) is 0 Å². The van der Waals surface area contributed by atoms with E-state index in [4.69, 9.17) is 5.11 Å². The monoisotopic (exact) mass is 178 g/mol. The fraction of sp³-hybridized carbons (Fsp3) is 0.857. The maximum Gasteiger partial charge on any atom is 0.303 e. The summed E-state index contributed by atoms with van der Waals surface area (Å²) in [6.45, 7) is 3.74. The van der Waals surface area contributed by atoms with E-state index in [0.717, 1.165) is 0 Å². The molecule has 4 heteroatoms. The van der Waals surface area contributed by atoms with Crippen molar-refractivity contribution in [2.45, 2.75) is 31.9 Å². The lowest BCUT2D eigenvalue weighted by Crippen LogP contribution is -2.10. The molecule has 0 aliphatic carbocycles. The minimum absolute atomic E-state index is 0.123. The summed E-state index contributed by atoms with van der Waals surface area (Å²) in [5.74, 6) is -0.310. The molecule has 0 spiro atoms. The molecule has 11 heavy (non-hydrogen) atoms. The van der Waals surface area contributed by atoms with Gasteiger partial charge in [0.25, 0.3) is 0 Å². The van der Waals surface area contributed by atoms with E-state index in [2.05, 4.69) is 0 Å². The van der Waals surface area contributed by atoms with Crippen LogP contribution in [-0.2, 0) is 15.6 Å². The maximum atomic E-state index is 11.0. The summed E-state index contributed by atoms with van der Waals surface area (Å²) in [5.41, 5.74) is 0. The fourth-order valence-electron chi connectivity index (χ4n) is 0.601. The molecule has 0 fully saturated rings. The van der Waals surface area contributed by atoms with Crippen LogP contribution in [0.25, 0.3) is 0 Å². The van der Waals surface area contributed by atoms with E-state index in [9.17, 15) is 9.00 Å². The number of rotatable bonds is 5. The van der Waals surface area contributed by atoms with Crippen molar-refractivity contribution in [1.82, 2.24) is 0 Å². The van der Waals surface area contributed by atoms with Gasteiger partial charge in [0.1, 0.15) is 0 Å². The molecule has 0 aromatic heterocycles. The number of carbonyl (C=O) groups is 1.